The first kappa shape index (κ1) is 14.5. The second-order valence-corrected chi connectivity index (χ2v) is 4.82. The molecule has 1 aromatic heterocycles. The largest absolute Gasteiger partial charge is 0.478 e. The first-order chi connectivity index (χ1) is 11.1. The van der Waals surface area contributed by atoms with Crippen LogP contribution in [0.4, 0.5) is 5.69 Å². The number of hydrogen-bond acceptors (Lipinski definition) is 3. The first-order valence-electron chi connectivity index (χ1n) is 6.88. The van der Waals surface area contributed by atoms with Crippen molar-refractivity contribution in [3.63, 3.8) is 0 Å². The summed E-state index contributed by atoms with van der Waals surface area (Å²) < 4.78 is 0. The number of imidazole rings is 1. The van der Waals surface area contributed by atoms with Crippen molar-refractivity contribution in [1.29, 1.82) is 0 Å². The number of anilines is 1. The van der Waals surface area contributed by atoms with Gasteiger partial charge in [0.25, 0.3) is 5.91 Å². The van der Waals surface area contributed by atoms with Gasteiger partial charge in [0.15, 0.2) is 5.82 Å². The lowest BCUT2D eigenvalue weighted by molar-refractivity contribution is 0.0696. The number of rotatable bonds is 4. The van der Waals surface area contributed by atoms with E-state index in [4.69, 9.17) is 5.11 Å². The zero-order chi connectivity index (χ0) is 16.2. The number of carbonyl (C=O) groups excluding carboxylic acids is 1. The van der Waals surface area contributed by atoms with Crippen LogP contribution in [0.2, 0.25) is 0 Å². The molecule has 0 aliphatic carbocycles. The number of aromatic carboxylic acids is 1. The third-order valence-corrected chi connectivity index (χ3v) is 3.31. The zero-order valence-electron chi connectivity index (χ0n) is 12.0. The molecule has 6 heteroatoms. The number of H-pyrrole nitrogens is 1. The molecule has 23 heavy (non-hydrogen) atoms. The van der Waals surface area contributed by atoms with Crippen molar-refractivity contribution in [1.82, 2.24) is 9.97 Å². The van der Waals surface area contributed by atoms with Crippen molar-refractivity contribution in [2.24, 2.45) is 0 Å². The Balaban J connectivity index is 2.03. The van der Waals surface area contributed by atoms with Gasteiger partial charge in [-0.05, 0) is 17.7 Å². The number of nitrogens with one attached hydrogen (secondary N) is 2. The van der Waals surface area contributed by atoms with E-state index in [2.05, 4.69) is 15.3 Å². The summed E-state index contributed by atoms with van der Waals surface area (Å²) in [6, 6.07) is 14.0. The van der Waals surface area contributed by atoms with Gasteiger partial charge in [-0.1, -0.05) is 36.4 Å². The highest BCUT2D eigenvalue weighted by atomic mass is 16.4. The van der Waals surface area contributed by atoms with Crippen LogP contribution in [0.15, 0.2) is 60.9 Å². The first-order valence-corrected chi connectivity index (χ1v) is 6.88. The molecular weight excluding hydrogens is 294 g/mol. The molecule has 0 bridgehead atoms. The van der Waals surface area contributed by atoms with Gasteiger partial charge < -0.3 is 15.4 Å². The zero-order valence-corrected chi connectivity index (χ0v) is 12.0. The maximum Gasteiger partial charge on any atom is 0.335 e. The van der Waals surface area contributed by atoms with Crippen molar-refractivity contribution in [2.75, 3.05) is 5.32 Å². The molecule has 0 radical (unpaired) electrons. The van der Waals surface area contributed by atoms with E-state index in [1.807, 2.05) is 30.3 Å². The van der Waals surface area contributed by atoms with Gasteiger partial charge >= 0.3 is 5.97 Å². The van der Waals surface area contributed by atoms with Crippen LogP contribution in [-0.2, 0) is 0 Å². The summed E-state index contributed by atoms with van der Waals surface area (Å²) in [7, 11) is 0. The van der Waals surface area contributed by atoms with Crippen LogP contribution in [0.3, 0.4) is 0 Å². The predicted molar refractivity (Wildman–Crippen MR) is 85.4 cm³/mol. The van der Waals surface area contributed by atoms with Crippen molar-refractivity contribution in [3.8, 4) is 11.1 Å². The standard InChI is InChI=1S/C17H13N3O3/c21-16(15-18-8-9-19-15)20-14-10-12(17(22)23)6-7-13(14)11-4-2-1-3-5-11/h1-10H,(H,18,19)(H,20,21)(H,22,23). The van der Waals surface area contributed by atoms with Crippen LogP contribution in [-0.4, -0.2) is 27.0 Å². The Morgan fingerprint density at radius 2 is 1.87 bits per heavy atom. The fourth-order valence-corrected chi connectivity index (χ4v) is 2.22. The van der Waals surface area contributed by atoms with Crippen LogP contribution in [0.25, 0.3) is 11.1 Å². The van der Waals surface area contributed by atoms with E-state index in [0.29, 0.717) is 5.69 Å². The lowest BCUT2D eigenvalue weighted by Crippen LogP contribution is -2.15. The molecule has 0 saturated carbocycles. The quantitative estimate of drug-likeness (QED) is 0.690. The van der Waals surface area contributed by atoms with Crippen LogP contribution in [0.1, 0.15) is 21.0 Å². The Kier molecular flexibility index (Phi) is 3.88. The van der Waals surface area contributed by atoms with Gasteiger partial charge in [-0.25, -0.2) is 9.78 Å². The van der Waals surface area contributed by atoms with Gasteiger partial charge in [-0.15, -0.1) is 0 Å². The molecule has 0 saturated heterocycles. The Bertz CT molecular complexity index is 843. The van der Waals surface area contributed by atoms with E-state index in [-0.39, 0.29) is 11.4 Å². The Labute approximate surface area is 131 Å². The molecule has 0 aliphatic rings. The fourth-order valence-electron chi connectivity index (χ4n) is 2.22. The molecule has 2 aromatic carbocycles. The third kappa shape index (κ3) is 3.11. The molecule has 3 rings (SSSR count). The lowest BCUT2D eigenvalue weighted by Gasteiger charge is -2.12. The van der Waals surface area contributed by atoms with Crippen molar-refractivity contribution in [2.45, 2.75) is 0 Å². The van der Waals surface area contributed by atoms with Gasteiger partial charge in [-0.3, -0.25) is 4.79 Å². The van der Waals surface area contributed by atoms with E-state index in [9.17, 15) is 9.59 Å². The number of carboxylic acids is 1. The second-order valence-electron chi connectivity index (χ2n) is 4.82. The summed E-state index contributed by atoms with van der Waals surface area (Å²) in [5.74, 6) is -1.34. The molecule has 0 fully saturated rings. The number of amides is 1. The highest BCUT2D eigenvalue weighted by molar-refractivity contribution is 6.05. The Hall–Kier alpha value is -3.41. The molecule has 0 atom stereocenters. The average molecular weight is 307 g/mol. The van der Waals surface area contributed by atoms with Gasteiger partial charge in [-0.2, -0.15) is 0 Å². The van der Waals surface area contributed by atoms with Crippen LogP contribution >= 0.6 is 0 Å². The smallest absolute Gasteiger partial charge is 0.335 e. The SMILES string of the molecule is O=C(O)c1ccc(-c2ccccc2)c(NC(=O)c2ncc[nH]2)c1. The molecule has 1 amide bonds. The highest BCUT2D eigenvalue weighted by Gasteiger charge is 2.14. The van der Waals surface area contributed by atoms with Crippen LogP contribution < -0.4 is 5.32 Å². The summed E-state index contributed by atoms with van der Waals surface area (Å²) in [6.07, 6.45) is 3.02. The van der Waals surface area contributed by atoms with Gasteiger partial charge in [0.1, 0.15) is 0 Å². The summed E-state index contributed by atoms with van der Waals surface area (Å²) in [6.45, 7) is 0. The number of aromatic amines is 1. The number of benzene rings is 2. The van der Waals surface area contributed by atoms with E-state index in [1.54, 1.807) is 12.3 Å². The normalized spacial score (nSPS) is 10.3. The molecule has 3 aromatic rings. The molecule has 0 aliphatic heterocycles. The van der Waals surface area contributed by atoms with Crippen LogP contribution in [0.5, 0.6) is 0 Å². The predicted octanol–water partition coefficient (Wildman–Crippen LogP) is 3.03. The van der Waals surface area contributed by atoms with E-state index >= 15 is 0 Å². The maximum absolute atomic E-state index is 12.2. The molecule has 6 nitrogen and oxygen atoms in total. The molecule has 1 heterocycles. The monoisotopic (exact) mass is 307 g/mol. The van der Waals surface area contributed by atoms with Gasteiger partial charge in [0.05, 0.1) is 5.56 Å². The number of nitrogens with zero attached hydrogens (tertiary/aromatic N) is 1. The number of aromatic nitrogens is 2. The minimum absolute atomic E-state index is 0.0967. The average Bonchev–Trinajstić information content (AvgIpc) is 3.10. The number of hydrogen-bond donors (Lipinski definition) is 3. The topological polar surface area (TPSA) is 95.1 Å². The molecule has 3 N–H and O–H groups in total. The van der Waals surface area contributed by atoms with Crippen LogP contribution in [0, 0.1) is 0 Å². The van der Waals surface area contributed by atoms with Gasteiger partial charge in [0.2, 0.25) is 0 Å². The van der Waals surface area contributed by atoms with Gasteiger partial charge in [0, 0.05) is 23.6 Å². The van der Waals surface area contributed by atoms with Crippen molar-refractivity contribution < 1.29 is 14.7 Å². The number of carbonyl (C=O) groups is 2. The molecule has 114 valence electrons. The van der Waals surface area contributed by atoms with E-state index in [1.165, 1.54) is 18.3 Å². The minimum Gasteiger partial charge on any atom is -0.478 e. The Morgan fingerprint density at radius 3 is 2.52 bits per heavy atom. The molecular formula is C17H13N3O3. The summed E-state index contributed by atoms with van der Waals surface area (Å²) in [5, 5.41) is 11.9. The summed E-state index contributed by atoms with van der Waals surface area (Å²) >= 11 is 0. The summed E-state index contributed by atoms with van der Waals surface area (Å²) in [5.41, 5.74) is 2.12. The lowest BCUT2D eigenvalue weighted by atomic mass is 10.0. The molecule has 0 unspecified atom stereocenters. The molecule has 0 spiro atoms. The van der Waals surface area contributed by atoms with Crippen molar-refractivity contribution in [3.05, 3.63) is 72.3 Å². The van der Waals surface area contributed by atoms with E-state index in [0.717, 1.165) is 11.1 Å². The van der Waals surface area contributed by atoms with E-state index < -0.39 is 11.9 Å². The summed E-state index contributed by atoms with van der Waals surface area (Å²) in [4.78, 5) is 30.0. The highest BCUT2D eigenvalue weighted by Crippen LogP contribution is 2.29. The Morgan fingerprint density at radius 1 is 1.09 bits per heavy atom. The maximum atomic E-state index is 12.2. The van der Waals surface area contributed by atoms with Crippen molar-refractivity contribution >= 4 is 17.6 Å². The fraction of sp³-hybridized carbons (Fsp3) is 0. The minimum atomic E-state index is -1.06. The second kappa shape index (κ2) is 6.15. The third-order valence-electron chi connectivity index (χ3n) is 3.31. The number of carboxylic acid groups (broad SMARTS) is 1.